The molecule has 2 N–H and O–H groups in total. The van der Waals surface area contributed by atoms with Gasteiger partial charge in [-0.25, -0.2) is 4.79 Å². The zero-order valence-corrected chi connectivity index (χ0v) is 12.1. The summed E-state index contributed by atoms with van der Waals surface area (Å²) in [6, 6.07) is 7.79. The number of carbonyl (C=O) groups excluding carboxylic acids is 2. The Morgan fingerprint density at radius 3 is 3.00 bits per heavy atom. The van der Waals surface area contributed by atoms with E-state index in [1.54, 1.807) is 4.90 Å². The van der Waals surface area contributed by atoms with Gasteiger partial charge in [0.25, 0.3) is 0 Å². The lowest BCUT2D eigenvalue weighted by molar-refractivity contribution is -0.116. The molecular weight excluding hydrogens is 268 g/mol. The molecule has 1 atom stereocenters. The summed E-state index contributed by atoms with van der Waals surface area (Å²) in [5.41, 5.74) is 1.81. The number of hydrogen-bond donors (Lipinski definition) is 2. The van der Waals surface area contributed by atoms with E-state index in [4.69, 9.17) is 0 Å². The Labute approximate surface area is 124 Å². The van der Waals surface area contributed by atoms with Crippen LogP contribution < -0.4 is 10.6 Å². The molecule has 112 valence electrons. The van der Waals surface area contributed by atoms with Crippen molar-refractivity contribution in [3.8, 4) is 0 Å². The van der Waals surface area contributed by atoms with Crippen LogP contribution in [0.3, 0.4) is 0 Å². The fourth-order valence-corrected chi connectivity index (χ4v) is 2.90. The highest BCUT2D eigenvalue weighted by atomic mass is 16.2. The van der Waals surface area contributed by atoms with Crippen molar-refractivity contribution in [3.05, 3.63) is 29.8 Å². The largest absolute Gasteiger partial charge is 0.324 e. The average molecular weight is 288 g/mol. The van der Waals surface area contributed by atoms with E-state index in [0.717, 1.165) is 30.9 Å². The molecule has 1 unspecified atom stereocenters. The number of hydrogen-bond acceptors (Lipinski definition) is 3. The van der Waals surface area contributed by atoms with Crippen molar-refractivity contribution in [1.29, 1.82) is 0 Å². The summed E-state index contributed by atoms with van der Waals surface area (Å²) in [6.45, 7) is 5.03. The van der Waals surface area contributed by atoms with Crippen molar-refractivity contribution in [3.63, 3.8) is 0 Å². The lowest BCUT2D eigenvalue weighted by atomic mass is 10.2. The van der Waals surface area contributed by atoms with Gasteiger partial charge in [-0.3, -0.25) is 4.79 Å². The number of nitrogens with one attached hydrogen (secondary N) is 2. The molecule has 0 spiro atoms. The van der Waals surface area contributed by atoms with Gasteiger partial charge in [-0.1, -0.05) is 18.2 Å². The van der Waals surface area contributed by atoms with E-state index in [9.17, 15) is 9.59 Å². The Kier molecular flexibility index (Phi) is 3.79. The Morgan fingerprint density at radius 1 is 1.43 bits per heavy atom. The average Bonchev–Trinajstić information content (AvgIpc) is 2.78. The Balaban J connectivity index is 1.60. The highest BCUT2D eigenvalue weighted by Crippen LogP contribution is 2.18. The van der Waals surface area contributed by atoms with Crippen LogP contribution >= 0.6 is 0 Å². The van der Waals surface area contributed by atoms with Gasteiger partial charge in [-0.15, -0.1) is 0 Å². The standard InChI is InChI=1S/C15H20N4O2/c1-11-4-2-3-5-13(11)17-14(20)10-18-9-12-8-16-6-7-19(12)15(18)21/h2-5,12,16H,6-10H2,1H3,(H,17,20). The van der Waals surface area contributed by atoms with E-state index in [1.807, 2.05) is 36.1 Å². The number of aryl methyl sites for hydroxylation is 1. The molecule has 6 nitrogen and oxygen atoms in total. The molecule has 2 fully saturated rings. The molecule has 0 saturated carbocycles. The SMILES string of the molecule is Cc1ccccc1NC(=O)CN1CC2CNCCN2C1=O. The van der Waals surface area contributed by atoms with Gasteiger partial charge in [0, 0.05) is 31.9 Å². The summed E-state index contributed by atoms with van der Waals surface area (Å²) >= 11 is 0. The van der Waals surface area contributed by atoms with E-state index >= 15 is 0 Å². The fourth-order valence-electron chi connectivity index (χ4n) is 2.90. The quantitative estimate of drug-likeness (QED) is 0.858. The van der Waals surface area contributed by atoms with Crippen LogP contribution in [0.5, 0.6) is 0 Å². The highest BCUT2D eigenvalue weighted by Gasteiger charge is 2.38. The van der Waals surface area contributed by atoms with Crippen molar-refractivity contribution in [2.45, 2.75) is 13.0 Å². The molecule has 3 amide bonds. The van der Waals surface area contributed by atoms with E-state index in [0.29, 0.717) is 6.54 Å². The van der Waals surface area contributed by atoms with Crippen LogP contribution in [0.25, 0.3) is 0 Å². The molecule has 1 aromatic carbocycles. The van der Waals surface area contributed by atoms with Crippen LogP contribution in [-0.4, -0.2) is 60.5 Å². The molecule has 0 radical (unpaired) electrons. The molecule has 0 aromatic heterocycles. The number of benzene rings is 1. The second kappa shape index (κ2) is 5.73. The summed E-state index contributed by atoms with van der Waals surface area (Å²) in [5, 5.41) is 6.15. The summed E-state index contributed by atoms with van der Waals surface area (Å²) < 4.78 is 0. The van der Waals surface area contributed by atoms with Crippen LogP contribution in [0.4, 0.5) is 10.5 Å². The zero-order valence-electron chi connectivity index (χ0n) is 12.1. The number of piperazine rings is 1. The lowest BCUT2D eigenvalue weighted by Gasteiger charge is -2.28. The number of urea groups is 1. The summed E-state index contributed by atoms with van der Waals surface area (Å²) in [7, 11) is 0. The monoisotopic (exact) mass is 288 g/mol. The fraction of sp³-hybridized carbons (Fsp3) is 0.467. The molecule has 6 heteroatoms. The number of anilines is 1. The number of para-hydroxylation sites is 1. The Hall–Kier alpha value is -2.08. The smallest absolute Gasteiger partial charge is 0.320 e. The van der Waals surface area contributed by atoms with E-state index in [1.165, 1.54) is 0 Å². The first kappa shape index (κ1) is 13.9. The number of carbonyl (C=O) groups is 2. The number of fused-ring (bicyclic) bond motifs is 1. The third kappa shape index (κ3) is 2.85. The van der Waals surface area contributed by atoms with Gasteiger partial charge in [0.15, 0.2) is 0 Å². The Morgan fingerprint density at radius 2 is 2.24 bits per heavy atom. The summed E-state index contributed by atoms with van der Waals surface area (Å²) in [4.78, 5) is 27.9. The van der Waals surface area contributed by atoms with Crippen LogP contribution in [0, 0.1) is 6.92 Å². The summed E-state index contributed by atoms with van der Waals surface area (Å²) in [5.74, 6) is -0.148. The van der Waals surface area contributed by atoms with E-state index in [-0.39, 0.29) is 24.5 Å². The highest BCUT2D eigenvalue weighted by molar-refractivity contribution is 5.95. The van der Waals surface area contributed by atoms with Gasteiger partial charge < -0.3 is 20.4 Å². The van der Waals surface area contributed by atoms with Gasteiger partial charge in [0.2, 0.25) is 5.91 Å². The minimum absolute atomic E-state index is 0.0265. The minimum atomic E-state index is -0.148. The van der Waals surface area contributed by atoms with Crippen molar-refractivity contribution >= 4 is 17.6 Å². The second-order valence-corrected chi connectivity index (χ2v) is 5.58. The van der Waals surface area contributed by atoms with Crippen LogP contribution in [0.1, 0.15) is 5.56 Å². The summed E-state index contributed by atoms with van der Waals surface area (Å²) in [6.07, 6.45) is 0. The van der Waals surface area contributed by atoms with Crippen molar-refractivity contribution in [1.82, 2.24) is 15.1 Å². The minimum Gasteiger partial charge on any atom is -0.324 e. The van der Waals surface area contributed by atoms with Crippen molar-refractivity contribution < 1.29 is 9.59 Å². The molecule has 0 bridgehead atoms. The number of amides is 3. The van der Waals surface area contributed by atoms with Gasteiger partial charge in [0.1, 0.15) is 6.54 Å². The van der Waals surface area contributed by atoms with Gasteiger partial charge in [-0.05, 0) is 18.6 Å². The molecular formula is C15H20N4O2. The molecule has 2 heterocycles. The third-order valence-corrected chi connectivity index (χ3v) is 4.05. The van der Waals surface area contributed by atoms with Crippen LogP contribution in [-0.2, 0) is 4.79 Å². The second-order valence-electron chi connectivity index (χ2n) is 5.58. The first-order valence-corrected chi connectivity index (χ1v) is 7.27. The molecule has 2 aliphatic rings. The van der Waals surface area contributed by atoms with Gasteiger partial charge in [0.05, 0.1) is 6.04 Å². The van der Waals surface area contributed by atoms with Crippen molar-refractivity contribution in [2.75, 3.05) is 38.0 Å². The first-order valence-electron chi connectivity index (χ1n) is 7.27. The maximum atomic E-state index is 12.2. The topological polar surface area (TPSA) is 64.7 Å². The van der Waals surface area contributed by atoms with Crippen LogP contribution in [0.15, 0.2) is 24.3 Å². The third-order valence-electron chi connectivity index (χ3n) is 4.05. The normalized spacial score (nSPS) is 21.4. The number of nitrogens with zero attached hydrogens (tertiary/aromatic N) is 2. The Bertz CT molecular complexity index is 560. The van der Waals surface area contributed by atoms with E-state index < -0.39 is 0 Å². The first-order chi connectivity index (χ1) is 10.1. The van der Waals surface area contributed by atoms with Gasteiger partial charge >= 0.3 is 6.03 Å². The predicted octanol–water partition coefficient (Wildman–Crippen LogP) is 0.643. The number of rotatable bonds is 3. The van der Waals surface area contributed by atoms with Crippen molar-refractivity contribution in [2.24, 2.45) is 0 Å². The maximum Gasteiger partial charge on any atom is 0.320 e. The zero-order chi connectivity index (χ0) is 14.8. The molecule has 2 aliphatic heterocycles. The van der Waals surface area contributed by atoms with Crippen LogP contribution in [0.2, 0.25) is 0 Å². The molecule has 2 saturated heterocycles. The molecule has 1 aromatic rings. The molecule has 21 heavy (non-hydrogen) atoms. The molecule has 0 aliphatic carbocycles. The predicted molar refractivity (Wildman–Crippen MR) is 80.1 cm³/mol. The lowest BCUT2D eigenvalue weighted by Crippen LogP contribution is -2.49. The molecule has 3 rings (SSSR count). The van der Waals surface area contributed by atoms with E-state index in [2.05, 4.69) is 10.6 Å². The van der Waals surface area contributed by atoms with Gasteiger partial charge in [-0.2, -0.15) is 0 Å². The maximum absolute atomic E-state index is 12.2.